The van der Waals surface area contributed by atoms with Gasteiger partial charge in [-0.15, -0.1) is 0 Å². The van der Waals surface area contributed by atoms with Crippen LogP contribution in [0.1, 0.15) is 13.3 Å². The third-order valence-corrected chi connectivity index (χ3v) is 2.40. The maximum Gasteiger partial charge on any atom is 0.336 e. The molecule has 16 heavy (non-hydrogen) atoms. The van der Waals surface area contributed by atoms with Crippen molar-refractivity contribution >= 4 is 0 Å². The Morgan fingerprint density at radius 2 is 1.94 bits per heavy atom. The molecule has 0 saturated carbocycles. The molecule has 2 rings (SSSR count). The summed E-state index contributed by atoms with van der Waals surface area (Å²) in [6.45, 7) is 2.92. The highest BCUT2D eigenvalue weighted by Crippen LogP contribution is 2.08. The van der Waals surface area contributed by atoms with Crippen molar-refractivity contribution in [2.45, 2.75) is 32.5 Å². The molecule has 1 aliphatic rings. The van der Waals surface area contributed by atoms with E-state index in [2.05, 4.69) is 4.98 Å². The van der Waals surface area contributed by atoms with Crippen LogP contribution in [-0.2, 0) is 17.8 Å². The number of ether oxygens (including phenoxy) is 1. The highest BCUT2D eigenvalue weighted by atomic mass is 16.6. The van der Waals surface area contributed by atoms with E-state index in [0.717, 1.165) is 9.13 Å². The van der Waals surface area contributed by atoms with Crippen molar-refractivity contribution in [3.8, 4) is 0 Å². The topological polar surface area (TPSA) is 89.4 Å². The van der Waals surface area contributed by atoms with Crippen LogP contribution in [0.25, 0.3) is 0 Å². The van der Waals surface area contributed by atoms with Gasteiger partial charge in [-0.3, -0.25) is 4.98 Å². The van der Waals surface area contributed by atoms with Gasteiger partial charge in [-0.05, 0) is 6.42 Å². The third kappa shape index (κ3) is 1.99. The number of aromatic nitrogens is 3. The van der Waals surface area contributed by atoms with Crippen LogP contribution in [0.4, 0.5) is 0 Å². The molecule has 2 heterocycles. The lowest BCUT2D eigenvalue weighted by Crippen LogP contribution is -2.50. The van der Waals surface area contributed by atoms with Crippen molar-refractivity contribution in [1.82, 2.24) is 14.1 Å². The average molecular weight is 227 g/mol. The molecule has 1 saturated heterocycles. The number of epoxide rings is 1. The molecule has 88 valence electrons. The van der Waals surface area contributed by atoms with Gasteiger partial charge in [0.05, 0.1) is 19.3 Å². The van der Waals surface area contributed by atoms with Gasteiger partial charge in [-0.25, -0.2) is 23.5 Å². The van der Waals surface area contributed by atoms with Crippen LogP contribution in [0, 0.1) is 0 Å². The van der Waals surface area contributed by atoms with E-state index in [0.29, 0.717) is 19.6 Å². The summed E-state index contributed by atoms with van der Waals surface area (Å²) >= 11 is 0. The maximum absolute atomic E-state index is 11.8. The lowest BCUT2D eigenvalue weighted by molar-refractivity contribution is 0.367. The molecule has 1 atom stereocenters. The summed E-state index contributed by atoms with van der Waals surface area (Å²) in [6, 6.07) is 0. The minimum absolute atomic E-state index is 0.0774. The molecule has 1 aliphatic heterocycles. The first kappa shape index (κ1) is 10.9. The molecule has 1 aromatic rings. The first-order chi connectivity index (χ1) is 7.63. The molecule has 0 amide bonds. The van der Waals surface area contributed by atoms with Gasteiger partial charge in [-0.2, -0.15) is 0 Å². The molecule has 1 fully saturated rings. The first-order valence-corrected chi connectivity index (χ1v) is 5.19. The van der Waals surface area contributed by atoms with E-state index in [4.69, 9.17) is 4.74 Å². The Morgan fingerprint density at radius 1 is 1.31 bits per heavy atom. The van der Waals surface area contributed by atoms with E-state index in [1.807, 2.05) is 6.92 Å². The van der Waals surface area contributed by atoms with Crippen molar-refractivity contribution in [2.75, 3.05) is 6.61 Å². The maximum atomic E-state index is 11.8. The lowest BCUT2D eigenvalue weighted by atomic mass is 10.4. The summed E-state index contributed by atoms with van der Waals surface area (Å²) in [4.78, 5) is 36.7. The van der Waals surface area contributed by atoms with Gasteiger partial charge in [0.15, 0.2) is 0 Å². The van der Waals surface area contributed by atoms with E-state index in [1.165, 1.54) is 0 Å². The van der Waals surface area contributed by atoms with Crippen molar-refractivity contribution < 1.29 is 4.74 Å². The lowest BCUT2D eigenvalue weighted by Gasteiger charge is -2.06. The second kappa shape index (κ2) is 4.09. The molecular weight excluding hydrogens is 214 g/mol. The zero-order chi connectivity index (χ0) is 11.7. The Kier molecular flexibility index (Phi) is 2.78. The molecule has 1 N–H and O–H groups in total. The Bertz CT molecular complexity index is 549. The van der Waals surface area contributed by atoms with Crippen molar-refractivity contribution in [3.63, 3.8) is 0 Å². The van der Waals surface area contributed by atoms with Crippen LogP contribution in [0.5, 0.6) is 0 Å². The number of aromatic amines is 1. The monoisotopic (exact) mass is 227 g/mol. The number of rotatable bonds is 4. The number of hydrogen-bond acceptors (Lipinski definition) is 4. The summed E-state index contributed by atoms with van der Waals surface area (Å²) in [5.41, 5.74) is -1.88. The van der Waals surface area contributed by atoms with Crippen molar-refractivity contribution in [1.29, 1.82) is 0 Å². The Balaban J connectivity index is 2.50. The molecule has 7 heteroatoms. The predicted molar refractivity (Wildman–Crippen MR) is 55.6 cm³/mol. The quantitative estimate of drug-likeness (QED) is 0.634. The molecule has 1 aromatic heterocycles. The SMILES string of the molecule is CCCn1c(=O)[nH]c(=O)n(CC2CO2)c1=O. The Hall–Kier alpha value is -1.63. The smallest absolute Gasteiger partial charge is 0.336 e. The van der Waals surface area contributed by atoms with Gasteiger partial charge in [-0.1, -0.05) is 6.92 Å². The Morgan fingerprint density at radius 3 is 2.50 bits per heavy atom. The standard InChI is InChI=1S/C9H13N3O4/c1-2-3-11-7(13)10-8(14)12(9(11)15)4-6-5-16-6/h6H,2-5H2,1H3,(H,10,13,14). The predicted octanol–water partition coefficient (Wildman–Crippen LogP) is -1.49. The van der Waals surface area contributed by atoms with Crippen molar-refractivity contribution in [3.05, 3.63) is 31.5 Å². The largest absolute Gasteiger partial charge is 0.371 e. The number of nitrogens with zero attached hydrogens (tertiary/aromatic N) is 2. The first-order valence-electron chi connectivity index (χ1n) is 5.19. The fraction of sp³-hybridized carbons (Fsp3) is 0.667. The summed E-state index contributed by atoms with van der Waals surface area (Å²) in [5, 5.41) is 0. The molecule has 7 nitrogen and oxygen atoms in total. The zero-order valence-electron chi connectivity index (χ0n) is 8.93. The number of H-pyrrole nitrogens is 1. The van der Waals surface area contributed by atoms with Gasteiger partial charge in [0.25, 0.3) is 0 Å². The minimum atomic E-state index is -0.669. The van der Waals surface area contributed by atoms with Crippen LogP contribution in [-0.4, -0.2) is 26.8 Å². The molecule has 0 bridgehead atoms. The van der Waals surface area contributed by atoms with Crippen LogP contribution >= 0.6 is 0 Å². The average Bonchev–Trinajstić information content (AvgIpc) is 3.03. The second-order valence-corrected chi connectivity index (χ2v) is 3.74. The molecule has 0 spiro atoms. The van der Waals surface area contributed by atoms with Gasteiger partial charge in [0, 0.05) is 6.54 Å². The van der Waals surface area contributed by atoms with E-state index >= 15 is 0 Å². The van der Waals surface area contributed by atoms with Gasteiger partial charge >= 0.3 is 17.1 Å². The van der Waals surface area contributed by atoms with Crippen LogP contribution in [0.2, 0.25) is 0 Å². The van der Waals surface area contributed by atoms with Gasteiger partial charge in [0.1, 0.15) is 0 Å². The Labute approximate surface area is 90.3 Å². The normalized spacial score (nSPS) is 18.7. The van der Waals surface area contributed by atoms with Crippen LogP contribution in [0.15, 0.2) is 14.4 Å². The van der Waals surface area contributed by atoms with Gasteiger partial charge < -0.3 is 4.74 Å². The molecule has 1 unspecified atom stereocenters. The second-order valence-electron chi connectivity index (χ2n) is 3.74. The molecule has 0 aliphatic carbocycles. The van der Waals surface area contributed by atoms with Crippen LogP contribution < -0.4 is 17.1 Å². The van der Waals surface area contributed by atoms with E-state index in [-0.39, 0.29) is 12.6 Å². The van der Waals surface area contributed by atoms with E-state index < -0.39 is 17.1 Å². The summed E-state index contributed by atoms with van der Waals surface area (Å²) < 4.78 is 6.99. The highest BCUT2D eigenvalue weighted by molar-refractivity contribution is 4.78. The highest BCUT2D eigenvalue weighted by Gasteiger charge is 2.25. The zero-order valence-corrected chi connectivity index (χ0v) is 8.93. The summed E-state index contributed by atoms with van der Waals surface area (Å²) in [5.74, 6) is 0. The fourth-order valence-corrected chi connectivity index (χ4v) is 1.50. The minimum Gasteiger partial charge on any atom is -0.371 e. The number of hydrogen-bond donors (Lipinski definition) is 1. The third-order valence-electron chi connectivity index (χ3n) is 2.40. The summed E-state index contributed by atoms with van der Waals surface area (Å²) in [6.07, 6.45) is 0.576. The van der Waals surface area contributed by atoms with E-state index in [1.54, 1.807) is 0 Å². The summed E-state index contributed by atoms with van der Waals surface area (Å²) in [7, 11) is 0. The molecular formula is C9H13N3O4. The van der Waals surface area contributed by atoms with Crippen molar-refractivity contribution in [2.24, 2.45) is 0 Å². The molecule has 0 aromatic carbocycles. The number of nitrogens with one attached hydrogen (secondary N) is 1. The fourth-order valence-electron chi connectivity index (χ4n) is 1.50. The van der Waals surface area contributed by atoms with Crippen LogP contribution in [0.3, 0.4) is 0 Å². The van der Waals surface area contributed by atoms with E-state index in [9.17, 15) is 14.4 Å². The molecule has 0 radical (unpaired) electrons. The van der Waals surface area contributed by atoms with Gasteiger partial charge in [0.2, 0.25) is 0 Å².